The number of hydrogen-bond donors (Lipinski definition) is 2. The van der Waals surface area contributed by atoms with Crippen LogP contribution in [0, 0.1) is 10.1 Å². The third-order valence-corrected chi connectivity index (χ3v) is 1.79. The summed E-state index contributed by atoms with van der Waals surface area (Å²) in [6.07, 6.45) is 0.145. The van der Waals surface area contributed by atoms with Gasteiger partial charge in [-0.2, -0.15) is 0 Å². The van der Waals surface area contributed by atoms with Crippen molar-refractivity contribution in [3.8, 4) is 0 Å². The quantitative estimate of drug-likeness (QED) is 0.555. The molecule has 80 valence electrons. The molecule has 0 saturated heterocycles. The number of carbonyl (C=O) groups is 1. The van der Waals surface area contributed by atoms with Gasteiger partial charge in [0, 0.05) is 19.0 Å². The van der Waals surface area contributed by atoms with Crippen molar-refractivity contribution < 1.29 is 9.72 Å². The van der Waals surface area contributed by atoms with Crippen LogP contribution in [-0.2, 0) is 4.79 Å². The van der Waals surface area contributed by atoms with Crippen molar-refractivity contribution in [3.05, 3.63) is 34.4 Å². The van der Waals surface area contributed by atoms with E-state index in [0.717, 1.165) is 0 Å². The molecular formula is C9H11N3O3. The number of benzene rings is 1. The minimum atomic E-state index is -0.480. The lowest BCUT2D eigenvalue weighted by atomic mass is 10.2. The highest BCUT2D eigenvalue weighted by Gasteiger charge is 2.11. The number of carbonyl (C=O) groups excluding carboxylic acids is 1. The second-order valence-corrected chi connectivity index (χ2v) is 2.92. The largest absolute Gasteiger partial charge is 0.379 e. The van der Waals surface area contributed by atoms with Crippen LogP contribution in [0.1, 0.15) is 6.42 Å². The summed E-state index contributed by atoms with van der Waals surface area (Å²) in [6, 6.07) is 6.24. The highest BCUT2D eigenvalue weighted by molar-refractivity contribution is 5.74. The first-order valence-corrected chi connectivity index (χ1v) is 4.37. The monoisotopic (exact) mass is 209 g/mol. The van der Waals surface area contributed by atoms with Crippen LogP contribution in [0.3, 0.4) is 0 Å². The number of para-hydroxylation sites is 2. The SMILES string of the molecule is NC(=O)CCNc1ccccc1[N+](=O)[O-]. The van der Waals surface area contributed by atoms with Crippen molar-refractivity contribution in [3.63, 3.8) is 0 Å². The zero-order valence-electron chi connectivity index (χ0n) is 7.97. The maximum Gasteiger partial charge on any atom is 0.292 e. The summed E-state index contributed by atoms with van der Waals surface area (Å²) in [4.78, 5) is 20.6. The summed E-state index contributed by atoms with van der Waals surface area (Å²) >= 11 is 0. The van der Waals surface area contributed by atoms with Gasteiger partial charge in [0.1, 0.15) is 5.69 Å². The van der Waals surface area contributed by atoms with Crippen molar-refractivity contribution in [2.75, 3.05) is 11.9 Å². The number of hydrogen-bond acceptors (Lipinski definition) is 4. The molecule has 0 heterocycles. The summed E-state index contributed by atoms with van der Waals surface area (Å²) in [5.74, 6) is -0.443. The lowest BCUT2D eigenvalue weighted by Gasteiger charge is -2.04. The Balaban J connectivity index is 2.67. The molecular weight excluding hydrogens is 198 g/mol. The van der Waals surface area contributed by atoms with E-state index in [9.17, 15) is 14.9 Å². The van der Waals surface area contributed by atoms with Gasteiger partial charge in [0.25, 0.3) is 5.69 Å². The summed E-state index contributed by atoms with van der Waals surface area (Å²) in [5, 5.41) is 13.4. The van der Waals surface area contributed by atoms with E-state index in [4.69, 9.17) is 5.73 Å². The average Bonchev–Trinajstić information content (AvgIpc) is 2.17. The van der Waals surface area contributed by atoms with E-state index in [1.165, 1.54) is 6.07 Å². The van der Waals surface area contributed by atoms with Crippen LogP contribution in [0.15, 0.2) is 24.3 Å². The fourth-order valence-electron chi connectivity index (χ4n) is 1.10. The molecule has 0 radical (unpaired) electrons. The number of rotatable bonds is 5. The van der Waals surface area contributed by atoms with Gasteiger partial charge >= 0.3 is 0 Å². The van der Waals surface area contributed by atoms with E-state index in [-0.39, 0.29) is 12.1 Å². The molecule has 0 aromatic heterocycles. The van der Waals surface area contributed by atoms with Crippen molar-refractivity contribution in [1.82, 2.24) is 0 Å². The van der Waals surface area contributed by atoms with E-state index in [1.54, 1.807) is 18.2 Å². The van der Waals surface area contributed by atoms with Gasteiger partial charge < -0.3 is 11.1 Å². The van der Waals surface area contributed by atoms with Crippen molar-refractivity contribution >= 4 is 17.3 Å². The van der Waals surface area contributed by atoms with E-state index in [0.29, 0.717) is 12.2 Å². The lowest BCUT2D eigenvalue weighted by molar-refractivity contribution is -0.384. The average molecular weight is 209 g/mol. The molecule has 1 rings (SSSR count). The second-order valence-electron chi connectivity index (χ2n) is 2.92. The van der Waals surface area contributed by atoms with Crippen LogP contribution in [0.25, 0.3) is 0 Å². The molecule has 15 heavy (non-hydrogen) atoms. The van der Waals surface area contributed by atoms with Crippen molar-refractivity contribution in [2.45, 2.75) is 6.42 Å². The zero-order chi connectivity index (χ0) is 11.3. The second kappa shape index (κ2) is 4.94. The maximum atomic E-state index is 10.6. The van der Waals surface area contributed by atoms with Gasteiger partial charge in [-0.1, -0.05) is 12.1 Å². The number of nitrogens with two attached hydrogens (primary N) is 1. The van der Waals surface area contributed by atoms with E-state index in [1.807, 2.05) is 0 Å². The predicted octanol–water partition coefficient (Wildman–Crippen LogP) is 0.882. The van der Waals surface area contributed by atoms with Crippen LogP contribution < -0.4 is 11.1 Å². The molecule has 0 unspecified atom stereocenters. The smallest absolute Gasteiger partial charge is 0.292 e. The molecule has 6 nitrogen and oxygen atoms in total. The van der Waals surface area contributed by atoms with E-state index in [2.05, 4.69) is 5.32 Å². The first-order chi connectivity index (χ1) is 7.11. The molecule has 1 amide bonds. The standard InChI is InChI=1S/C9H11N3O3/c10-9(13)5-6-11-7-3-1-2-4-8(7)12(14)15/h1-4,11H,5-6H2,(H2,10,13). The molecule has 6 heteroatoms. The van der Waals surface area contributed by atoms with Gasteiger partial charge in [-0.15, -0.1) is 0 Å². The molecule has 0 saturated carbocycles. The topological polar surface area (TPSA) is 98.3 Å². The fourth-order valence-corrected chi connectivity index (χ4v) is 1.10. The van der Waals surface area contributed by atoms with Crippen LogP contribution >= 0.6 is 0 Å². The molecule has 1 aromatic carbocycles. The Kier molecular flexibility index (Phi) is 3.61. The number of amides is 1. The van der Waals surface area contributed by atoms with Crippen LogP contribution in [0.4, 0.5) is 11.4 Å². The molecule has 0 aliphatic carbocycles. The minimum Gasteiger partial charge on any atom is -0.379 e. The summed E-state index contributed by atoms with van der Waals surface area (Å²) in [6.45, 7) is 0.292. The third-order valence-electron chi connectivity index (χ3n) is 1.79. The molecule has 0 bridgehead atoms. The molecule has 1 aromatic rings. The minimum absolute atomic E-state index is 0.0121. The van der Waals surface area contributed by atoms with E-state index < -0.39 is 10.8 Å². The Morgan fingerprint density at radius 1 is 1.47 bits per heavy atom. The third kappa shape index (κ3) is 3.26. The predicted molar refractivity (Wildman–Crippen MR) is 55.4 cm³/mol. The zero-order valence-corrected chi connectivity index (χ0v) is 7.97. The summed E-state index contributed by atoms with van der Waals surface area (Å²) < 4.78 is 0. The molecule has 0 spiro atoms. The molecule has 0 aliphatic rings. The maximum absolute atomic E-state index is 10.6. The molecule has 0 aliphatic heterocycles. The Labute approximate surface area is 86.2 Å². The van der Waals surface area contributed by atoms with Gasteiger partial charge in [-0.3, -0.25) is 14.9 Å². The number of nitrogens with one attached hydrogen (secondary N) is 1. The van der Waals surface area contributed by atoms with Gasteiger partial charge in [-0.05, 0) is 6.07 Å². The summed E-state index contributed by atoms with van der Waals surface area (Å²) in [5.41, 5.74) is 5.32. The number of nitro benzene ring substituents is 1. The number of nitro groups is 1. The van der Waals surface area contributed by atoms with Crippen LogP contribution in [0.2, 0.25) is 0 Å². The van der Waals surface area contributed by atoms with Gasteiger partial charge in [-0.25, -0.2) is 0 Å². The Bertz CT molecular complexity index is 379. The highest BCUT2D eigenvalue weighted by atomic mass is 16.6. The molecule has 0 fully saturated rings. The fraction of sp³-hybridized carbons (Fsp3) is 0.222. The highest BCUT2D eigenvalue weighted by Crippen LogP contribution is 2.22. The van der Waals surface area contributed by atoms with Gasteiger partial charge in [0.15, 0.2) is 0 Å². The van der Waals surface area contributed by atoms with Gasteiger partial charge in [0.05, 0.1) is 4.92 Å². The number of nitrogens with zero attached hydrogens (tertiary/aromatic N) is 1. The number of anilines is 1. The Hall–Kier alpha value is -2.11. The van der Waals surface area contributed by atoms with Gasteiger partial charge in [0.2, 0.25) is 5.91 Å². The van der Waals surface area contributed by atoms with Crippen LogP contribution in [0.5, 0.6) is 0 Å². The summed E-state index contributed by atoms with van der Waals surface area (Å²) in [7, 11) is 0. The number of primary amides is 1. The molecule has 3 N–H and O–H groups in total. The van der Waals surface area contributed by atoms with Crippen LogP contribution in [-0.4, -0.2) is 17.4 Å². The Morgan fingerprint density at radius 3 is 2.73 bits per heavy atom. The first-order valence-electron chi connectivity index (χ1n) is 4.37. The first kappa shape index (κ1) is 11.0. The normalized spacial score (nSPS) is 9.60. The lowest BCUT2D eigenvalue weighted by Crippen LogP contribution is -2.16. The van der Waals surface area contributed by atoms with Crippen molar-refractivity contribution in [1.29, 1.82) is 0 Å². The molecule has 0 atom stereocenters. The Morgan fingerprint density at radius 2 is 2.13 bits per heavy atom. The van der Waals surface area contributed by atoms with Crippen molar-refractivity contribution in [2.24, 2.45) is 5.73 Å². The van der Waals surface area contributed by atoms with E-state index >= 15 is 0 Å².